The number of anilines is 1. The van der Waals surface area contributed by atoms with Crippen molar-refractivity contribution in [3.05, 3.63) is 23.8 Å². The number of ether oxygens (including phenoxy) is 4. The Morgan fingerprint density at radius 1 is 1.02 bits per heavy atom. The van der Waals surface area contributed by atoms with E-state index in [2.05, 4.69) is 16.0 Å². The minimum Gasteiger partial charge on any atom is -0.479 e. The number of unbranched alkanes of at least 4 members (excludes halogenated alkanes) is 1. The molecule has 3 amide bonds. The van der Waals surface area contributed by atoms with Crippen molar-refractivity contribution in [1.29, 1.82) is 0 Å². The van der Waals surface area contributed by atoms with E-state index in [4.69, 9.17) is 24.7 Å². The Balaban J connectivity index is 1.91. The van der Waals surface area contributed by atoms with E-state index < -0.39 is 54.5 Å². The summed E-state index contributed by atoms with van der Waals surface area (Å²) in [6.07, 6.45) is -7.66. The van der Waals surface area contributed by atoms with Gasteiger partial charge in [-0.25, -0.2) is 4.79 Å². The Kier molecular flexibility index (Phi) is 15.5. The molecule has 9 N–H and O–H groups in total. The first kappa shape index (κ1) is 36.3. The number of rotatable bonds is 19. The number of nitrogens with two attached hydrogens (primary N) is 1. The van der Waals surface area contributed by atoms with Crippen molar-refractivity contribution in [2.45, 2.75) is 75.5 Å². The van der Waals surface area contributed by atoms with E-state index in [9.17, 15) is 44.4 Å². The zero-order chi connectivity index (χ0) is 32.6. The van der Waals surface area contributed by atoms with Gasteiger partial charge in [0.05, 0.1) is 18.3 Å². The van der Waals surface area contributed by atoms with Crippen LogP contribution in [0.3, 0.4) is 0 Å². The van der Waals surface area contributed by atoms with Crippen molar-refractivity contribution in [1.82, 2.24) is 10.6 Å². The van der Waals surface area contributed by atoms with Gasteiger partial charge in [-0.3, -0.25) is 19.2 Å². The number of amides is 3. The first-order chi connectivity index (χ1) is 21.0. The van der Waals surface area contributed by atoms with Crippen molar-refractivity contribution in [3.63, 3.8) is 0 Å². The third-order valence-electron chi connectivity index (χ3n) is 6.48. The Morgan fingerprint density at radius 3 is 2.45 bits per heavy atom. The number of hydrogen-bond donors (Lipinski definition) is 8. The van der Waals surface area contributed by atoms with Crippen LogP contribution in [0, 0.1) is 0 Å². The highest BCUT2D eigenvalue weighted by Gasteiger charge is 2.48. The van der Waals surface area contributed by atoms with E-state index in [0.717, 1.165) is 0 Å². The van der Waals surface area contributed by atoms with Crippen LogP contribution in [0.5, 0.6) is 5.75 Å². The van der Waals surface area contributed by atoms with Gasteiger partial charge in [0.25, 0.3) is 6.47 Å². The first-order valence-electron chi connectivity index (χ1n) is 13.8. The molecule has 2 rings (SSSR count). The summed E-state index contributed by atoms with van der Waals surface area (Å²) in [5.74, 6) is -2.87. The number of carboxylic acid groups (broad SMARTS) is 1. The molecule has 1 unspecified atom stereocenters. The van der Waals surface area contributed by atoms with Gasteiger partial charge in [0.2, 0.25) is 24.0 Å². The quantitative estimate of drug-likeness (QED) is 0.0593. The zero-order valence-corrected chi connectivity index (χ0v) is 24.2. The van der Waals surface area contributed by atoms with Gasteiger partial charge in [-0.1, -0.05) is 6.07 Å². The molecule has 44 heavy (non-hydrogen) atoms. The Bertz CT molecular complexity index is 1120. The molecule has 1 fully saturated rings. The smallest absolute Gasteiger partial charge is 0.335 e. The molecule has 1 saturated heterocycles. The van der Waals surface area contributed by atoms with Crippen molar-refractivity contribution >= 4 is 35.9 Å². The summed E-state index contributed by atoms with van der Waals surface area (Å²) < 4.78 is 20.3. The van der Waals surface area contributed by atoms with Gasteiger partial charge < -0.3 is 61.1 Å². The van der Waals surface area contributed by atoms with Crippen molar-refractivity contribution < 1.29 is 63.3 Å². The van der Waals surface area contributed by atoms with Gasteiger partial charge in [0, 0.05) is 33.0 Å². The van der Waals surface area contributed by atoms with E-state index >= 15 is 0 Å². The van der Waals surface area contributed by atoms with Crippen LogP contribution < -0.4 is 26.4 Å². The molecule has 0 radical (unpaired) electrons. The lowest BCUT2D eigenvalue weighted by molar-refractivity contribution is -0.271. The lowest BCUT2D eigenvalue weighted by Crippen LogP contribution is -2.61. The number of hydrogen-bond acceptors (Lipinski definition) is 13. The molecule has 0 saturated carbocycles. The highest BCUT2D eigenvalue weighted by atomic mass is 16.7. The number of aliphatic carboxylic acids is 1. The second-order valence-corrected chi connectivity index (χ2v) is 9.87. The summed E-state index contributed by atoms with van der Waals surface area (Å²) in [7, 11) is 1.51. The van der Waals surface area contributed by atoms with E-state index in [1.807, 2.05) is 0 Å². The Labute approximate surface area is 253 Å². The average molecular weight is 629 g/mol. The minimum atomic E-state index is -1.92. The maximum atomic E-state index is 12.7. The standard InChI is InChI=1S/C27H40N4O13/c1-41-11-8-19(33)29-9-3-2-4-16(28)25(38)30-10-7-20(34)31-17-12-15(13-42-14-32)5-6-18(17)43-27-23(37)21(35)22(36)24(44-27)26(39)40/h5-6,12,14,16,21-24,27,35-37H,2-4,7-11,13,28H2,1H3,(H,29,33)(H,30,38)(H,31,34)(H,39,40)/t16?,21-,22-,23+,24-,27+/m0/s1. The van der Waals surface area contributed by atoms with Crippen LogP contribution in [0.2, 0.25) is 0 Å². The average Bonchev–Trinajstić information content (AvgIpc) is 2.99. The van der Waals surface area contributed by atoms with Crippen molar-refractivity contribution in [2.75, 3.05) is 32.1 Å². The number of carbonyl (C=O) groups excluding carboxylic acids is 4. The van der Waals surface area contributed by atoms with Gasteiger partial charge in [-0.2, -0.15) is 0 Å². The lowest BCUT2D eigenvalue weighted by atomic mass is 9.99. The van der Waals surface area contributed by atoms with Gasteiger partial charge in [0.1, 0.15) is 30.7 Å². The van der Waals surface area contributed by atoms with Crippen molar-refractivity contribution in [3.8, 4) is 5.75 Å². The van der Waals surface area contributed by atoms with Crippen LogP contribution in [0.1, 0.15) is 37.7 Å². The molecule has 1 aliphatic rings. The number of benzene rings is 1. The van der Waals surface area contributed by atoms with E-state index in [-0.39, 0.29) is 49.8 Å². The highest BCUT2D eigenvalue weighted by molar-refractivity contribution is 5.93. The highest BCUT2D eigenvalue weighted by Crippen LogP contribution is 2.31. The molecule has 0 aliphatic carbocycles. The summed E-state index contributed by atoms with van der Waals surface area (Å²) >= 11 is 0. The Hall–Kier alpha value is -3.87. The van der Waals surface area contributed by atoms with Crippen LogP contribution in [0.25, 0.3) is 0 Å². The van der Waals surface area contributed by atoms with Crippen molar-refractivity contribution in [2.24, 2.45) is 5.73 Å². The summed E-state index contributed by atoms with van der Waals surface area (Å²) in [6.45, 7) is 0.781. The van der Waals surface area contributed by atoms with Gasteiger partial charge >= 0.3 is 5.97 Å². The topological polar surface area (TPSA) is 265 Å². The second kappa shape index (κ2) is 18.7. The maximum Gasteiger partial charge on any atom is 0.335 e. The SMILES string of the molecule is COCCC(=O)NCCCCC(N)C(=O)NCCC(=O)Nc1cc(COC=O)ccc1O[C@@H]1O[C@H](C(=O)O)[C@@H](O)[C@H](O)[C@H]1O. The summed E-state index contributed by atoms with van der Waals surface area (Å²) in [4.78, 5) is 58.6. The van der Waals surface area contributed by atoms with Gasteiger partial charge in [-0.15, -0.1) is 0 Å². The minimum absolute atomic E-state index is 0.0163. The van der Waals surface area contributed by atoms with E-state index in [1.165, 1.54) is 25.3 Å². The molecule has 17 nitrogen and oxygen atoms in total. The number of carbonyl (C=O) groups is 5. The van der Waals surface area contributed by atoms with Crippen LogP contribution >= 0.6 is 0 Å². The van der Waals surface area contributed by atoms with Gasteiger partial charge in [0.15, 0.2) is 6.10 Å². The summed E-state index contributed by atoms with van der Waals surface area (Å²) in [5, 5.41) is 47.4. The number of carboxylic acids is 1. The molecule has 1 aromatic rings. The molecular weight excluding hydrogens is 588 g/mol. The number of nitrogens with one attached hydrogen (secondary N) is 3. The zero-order valence-electron chi connectivity index (χ0n) is 24.2. The molecule has 6 atom stereocenters. The molecule has 1 aromatic carbocycles. The largest absolute Gasteiger partial charge is 0.479 e. The fraction of sp³-hybridized carbons (Fsp3) is 0.593. The number of aliphatic hydroxyl groups is 3. The molecule has 0 aromatic heterocycles. The normalized spacial score (nSPS) is 21.9. The molecule has 0 spiro atoms. The molecule has 0 bridgehead atoms. The predicted octanol–water partition coefficient (Wildman–Crippen LogP) is -2.27. The van der Waals surface area contributed by atoms with E-state index in [0.29, 0.717) is 38.0 Å². The summed E-state index contributed by atoms with van der Waals surface area (Å²) in [6, 6.07) is 3.36. The van der Waals surface area contributed by atoms with E-state index in [1.54, 1.807) is 0 Å². The van der Waals surface area contributed by atoms with Crippen LogP contribution in [-0.2, 0) is 44.8 Å². The molecule has 1 heterocycles. The predicted molar refractivity (Wildman–Crippen MR) is 150 cm³/mol. The molecule has 1 aliphatic heterocycles. The number of methoxy groups -OCH3 is 1. The molecular formula is C27H40N4O13. The van der Waals surface area contributed by atoms with Crippen LogP contribution in [0.4, 0.5) is 5.69 Å². The molecule has 17 heteroatoms. The third-order valence-corrected chi connectivity index (χ3v) is 6.48. The maximum absolute atomic E-state index is 12.7. The second-order valence-electron chi connectivity index (χ2n) is 9.87. The Morgan fingerprint density at radius 2 is 1.77 bits per heavy atom. The molecule has 246 valence electrons. The first-order valence-corrected chi connectivity index (χ1v) is 13.8. The summed E-state index contributed by atoms with van der Waals surface area (Å²) in [5.41, 5.74) is 6.36. The monoisotopic (exact) mass is 628 g/mol. The van der Waals surface area contributed by atoms with Crippen LogP contribution in [-0.4, -0.2) is 114 Å². The third kappa shape index (κ3) is 11.7. The number of aliphatic hydroxyl groups excluding tert-OH is 3. The fourth-order valence-corrected chi connectivity index (χ4v) is 4.05. The lowest BCUT2D eigenvalue weighted by Gasteiger charge is -2.38. The fourth-order valence-electron chi connectivity index (χ4n) is 4.05. The van der Waals surface area contributed by atoms with Gasteiger partial charge in [-0.05, 0) is 37.0 Å². The van der Waals surface area contributed by atoms with Crippen LogP contribution in [0.15, 0.2) is 18.2 Å².